The van der Waals surface area contributed by atoms with Gasteiger partial charge in [-0.2, -0.15) is 0 Å². The molecule has 9 heteroatoms. The minimum absolute atomic E-state index is 0.0598. The van der Waals surface area contributed by atoms with Crippen LogP contribution in [0.25, 0.3) is 0 Å². The van der Waals surface area contributed by atoms with Gasteiger partial charge < -0.3 is 10.6 Å². The van der Waals surface area contributed by atoms with Crippen molar-refractivity contribution in [3.63, 3.8) is 0 Å². The van der Waals surface area contributed by atoms with E-state index in [1.165, 1.54) is 0 Å². The van der Waals surface area contributed by atoms with Crippen molar-refractivity contribution in [2.75, 3.05) is 10.6 Å². The molecule has 0 unspecified atom stereocenters. The maximum atomic E-state index is 11.5. The van der Waals surface area contributed by atoms with Gasteiger partial charge in [-0.25, -0.2) is 19.9 Å². The molecule has 0 aliphatic carbocycles. The number of hydrogen-bond acceptors (Lipinski definition) is 8. The molecule has 3 aromatic heterocycles. The lowest BCUT2D eigenvalue weighted by molar-refractivity contribution is -0.383. The standard InChI is InChI=1S/C15H13N7O2/c1-10-18-14(20-11-6-2-4-8-16-11)13(22(23)24)15(19-10)21-12-7-3-5-9-17-12/h2-9H,1H3,(H2,16,17,18,19,20,21). The topological polar surface area (TPSA) is 119 Å². The number of rotatable bonds is 5. The second-order valence-electron chi connectivity index (χ2n) is 4.75. The van der Waals surface area contributed by atoms with Gasteiger partial charge in [-0.05, 0) is 31.2 Å². The Morgan fingerprint density at radius 2 is 1.42 bits per heavy atom. The van der Waals surface area contributed by atoms with Crippen LogP contribution in [-0.4, -0.2) is 24.9 Å². The molecular formula is C15H13N7O2. The highest BCUT2D eigenvalue weighted by atomic mass is 16.6. The van der Waals surface area contributed by atoms with Gasteiger partial charge in [-0.1, -0.05) is 12.1 Å². The zero-order valence-corrected chi connectivity index (χ0v) is 12.7. The summed E-state index contributed by atoms with van der Waals surface area (Å²) in [5.41, 5.74) is -0.281. The number of aromatic nitrogens is 4. The Morgan fingerprint density at radius 3 is 1.79 bits per heavy atom. The maximum absolute atomic E-state index is 11.5. The summed E-state index contributed by atoms with van der Waals surface area (Å²) in [7, 11) is 0. The molecule has 0 aromatic carbocycles. The highest BCUT2D eigenvalue weighted by molar-refractivity contribution is 5.75. The van der Waals surface area contributed by atoms with E-state index in [2.05, 4.69) is 30.6 Å². The number of nitrogens with zero attached hydrogens (tertiary/aromatic N) is 5. The van der Waals surface area contributed by atoms with Crippen LogP contribution in [0.15, 0.2) is 48.8 Å². The largest absolute Gasteiger partial charge is 0.354 e. The lowest BCUT2D eigenvalue weighted by Crippen LogP contribution is -2.08. The fraction of sp³-hybridized carbons (Fsp3) is 0.0667. The van der Waals surface area contributed by atoms with Crippen molar-refractivity contribution in [1.82, 2.24) is 19.9 Å². The lowest BCUT2D eigenvalue weighted by atomic mass is 10.3. The molecule has 3 aromatic rings. The van der Waals surface area contributed by atoms with E-state index in [-0.39, 0.29) is 17.3 Å². The van der Waals surface area contributed by atoms with Gasteiger partial charge in [0.25, 0.3) is 0 Å². The summed E-state index contributed by atoms with van der Waals surface area (Å²) in [5.74, 6) is 1.39. The molecule has 2 N–H and O–H groups in total. The predicted octanol–water partition coefficient (Wildman–Crippen LogP) is 2.97. The normalized spacial score (nSPS) is 10.2. The summed E-state index contributed by atoms with van der Waals surface area (Å²) in [4.78, 5) is 27.4. The van der Waals surface area contributed by atoms with E-state index in [0.717, 1.165) is 0 Å². The van der Waals surface area contributed by atoms with E-state index >= 15 is 0 Å². The highest BCUT2D eigenvalue weighted by Crippen LogP contribution is 2.32. The predicted molar refractivity (Wildman–Crippen MR) is 88.5 cm³/mol. The molecule has 0 saturated heterocycles. The fourth-order valence-corrected chi connectivity index (χ4v) is 2.03. The second kappa shape index (κ2) is 6.65. The fourth-order valence-electron chi connectivity index (χ4n) is 2.03. The zero-order valence-electron chi connectivity index (χ0n) is 12.7. The first-order chi connectivity index (χ1) is 11.6. The molecule has 0 amide bonds. The van der Waals surface area contributed by atoms with Gasteiger partial charge in [-0.3, -0.25) is 10.1 Å². The van der Waals surface area contributed by atoms with Crippen LogP contribution in [0, 0.1) is 17.0 Å². The molecule has 24 heavy (non-hydrogen) atoms. The summed E-state index contributed by atoms with van der Waals surface area (Å²) in [6.07, 6.45) is 3.16. The van der Waals surface area contributed by atoms with E-state index < -0.39 is 4.92 Å². The lowest BCUT2D eigenvalue weighted by Gasteiger charge is -2.10. The van der Waals surface area contributed by atoms with Crippen molar-refractivity contribution in [1.29, 1.82) is 0 Å². The monoisotopic (exact) mass is 323 g/mol. The number of nitro groups is 1. The first kappa shape index (κ1) is 15.3. The molecule has 0 bridgehead atoms. The van der Waals surface area contributed by atoms with Crippen LogP contribution in [0.4, 0.5) is 29.0 Å². The van der Waals surface area contributed by atoms with Gasteiger partial charge in [0.1, 0.15) is 17.5 Å². The van der Waals surface area contributed by atoms with Crippen LogP contribution >= 0.6 is 0 Å². The molecule has 0 aliphatic heterocycles. The molecule has 0 atom stereocenters. The van der Waals surface area contributed by atoms with E-state index in [1.54, 1.807) is 55.7 Å². The number of anilines is 4. The number of aryl methyl sites for hydroxylation is 1. The maximum Gasteiger partial charge on any atom is 0.354 e. The summed E-state index contributed by atoms with van der Waals surface area (Å²) >= 11 is 0. The van der Waals surface area contributed by atoms with Crippen LogP contribution < -0.4 is 10.6 Å². The molecule has 9 nitrogen and oxygen atoms in total. The average Bonchev–Trinajstić information content (AvgIpc) is 2.56. The van der Waals surface area contributed by atoms with Crippen LogP contribution in [0.5, 0.6) is 0 Å². The molecule has 3 rings (SSSR count). The number of pyridine rings is 2. The van der Waals surface area contributed by atoms with Gasteiger partial charge in [0.2, 0.25) is 11.6 Å². The number of hydrogen-bond donors (Lipinski definition) is 2. The van der Waals surface area contributed by atoms with Crippen LogP contribution in [0.3, 0.4) is 0 Å². The third kappa shape index (κ3) is 3.40. The average molecular weight is 323 g/mol. The summed E-state index contributed by atoms with van der Waals surface area (Å²) in [6, 6.07) is 10.4. The van der Waals surface area contributed by atoms with Crippen LogP contribution in [-0.2, 0) is 0 Å². The Hall–Kier alpha value is -3.62. The molecule has 0 saturated carbocycles. The van der Waals surface area contributed by atoms with Crippen LogP contribution in [0.1, 0.15) is 5.82 Å². The minimum Gasteiger partial charge on any atom is -0.319 e. The van der Waals surface area contributed by atoms with Gasteiger partial charge in [0.15, 0.2) is 0 Å². The van der Waals surface area contributed by atoms with Gasteiger partial charge in [0.05, 0.1) is 4.92 Å². The van der Waals surface area contributed by atoms with Crippen molar-refractivity contribution in [2.45, 2.75) is 6.92 Å². The third-order valence-electron chi connectivity index (χ3n) is 3.00. The van der Waals surface area contributed by atoms with Crippen LogP contribution in [0.2, 0.25) is 0 Å². The van der Waals surface area contributed by atoms with Crippen molar-refractivity contribution < 1.29 is 4.92 Å². The summed E-state index contributed by atoms with van der Waals surface area (Å²) in [5, 5.41) is 17.3. The van der Waals surface area contributed by atoms with Gasteiger partial charge in [0, 0.05) is 12.4 Å². The smallest absolute Gasteiger partial charge is 0.319 e. The molecular weight excluding hydrogens is 310 g/mol. The molecule has 0 fully saturated rings. The van der Waals surface area contributed by atoms with Gasteiger partial charge >= 0.3 is 5.69 Å². The zero-order chi connectivity index (χ0) is 16.9. The molecule has 0 spiro atoms. The first-order valence-corrected chi connectivity index (χ1v) is 7.02. The first-order valence-electron chi connectivity index (χ1n) is 7.02. The quantitative estimate of drug-likeness (QED) is 0.543. The highest BCUT2D eigenvalue weighted by Gasteiger charge is 2.25. The van der Waals surface area contributed by atoms with E-state index in [0.29, 0.717) is 17.5 Å². The van der Waals surface area contributed by atoms with Crippen molar-refractivity contribution >= 4 is 29.0 Å². The van der Waals surface area contributed by atoms with Crippen molar-refractivity contribution in [3.05, 3.63) is 64.7 Å². The minimum atomic E-state index is -0.546. The van der Waals surface area contributed by atoms with E-state index in [1.807, 2.05) is 0 Å². The summed E-state index contributed by atoms with van der Waals surface area (Å²) in [6.45, 7) is 1.65. The second-order valence-corrected chi connectivity index (χ2v) is 4.75. The summed E-state index contributed by atoms with van der Waals surface area (Å²) < 4.78 is 0. The third-order valence-corrected chi connectivity index (χ3v) is 3.00. The Labute approximate surface area is 137 Å². The Bertz CT molecular complexity index is 794. The SMILES string of the molecule is Cc1nc(Nc2ccccn2)c([N+](=O)[O-])c(Nc2ccccn2)n1. The molecule has 0 radical (unpaired) electrons. The Balaban J connectivity index is 2.04. The van der Waals surface area contributed by atoms with Crippen molar-refractivity contribution in [2.24, 2.45) is 0 Å². The Kier molecular flexibility index (Phi) is 4.23. The molecule has 0 aliphatic rings. The van der Waals surface area contributed by atoms with E-state index in [4.69, 9.17) is 0 Å². The molecule has 3 heterocycles. The number of nitrogens with one attached hydrogen (secondary N) is 2. The van der Waals surface area contributed by atoms with Crippen molar-refractivity contribution in [3.8, 4) is 0 Å². The Morgan fingerprint density at radius 1 is 0.917 bits per heavy atom. The van der Waals surface area contributed by atoms with Gasteiger partial charge in [-0.15, -0.1) is 0 Å². The van der Waals surface area contributed by atoms with E-state index in [9.17, 15) is 10.1 Å². The molecule has 120 valence electrons.